The average molecular weight is 218 g/mol. The van der Waals surface area contributed by atoms with Gasteiger partial charge in [-0.15, -0.1) is 0 Å². The molecule has 14 heavy (non-hydrogen) atoms. The fourth-order valence-electron chi connectivity index (χ4n) is 1.22. The second-order valence-corrected chi connectivity index (χ2v) is 5.48. The van der Waals surface area contributed by atoms with Crippen LogP contribution in [0.3, 0.4) is 0 Å². The molecule has 0 aliphatic carbocycles. The molecular weight excluding hydrogens is 204 g/mol. The highest BCUT2D eigenvalue weighted by molar-refractivity contribution is 7.90. The van der Waals surface area contributed by atoms with Gasteiger partial charge in [0.2, 0.25) is 0 Å². The number of furan rings is 1. The van der Waals surface area contributed by atoms with Crippen molar-refractivity contribution in [1.29, 1.82) is 0 Å². The SMILES string of the molecule is CS(=O)(=O)CC(Cc1ccoc1)NN. The highest BCUT2D eigenvalue weighted by Crippen LogP contribution is 2.05. The fraction of sp³-hybridized carbons (Fsp3) is 0.500. The van der Waals surface area contributed by atoms with Crippen molar-refractivity contribution in [3.05, 3.63) is 24.2 Å². The summed E-state index contributed by atoms with van der Waals surface area (Å²) in [5.74, 6) is 5.27. The molecule has 0 amide bonds. The molecule has 0 saturated carbocycles. The summed E-state index contributed by atoms with van der Waals surface area (Å²) in [5, 5.41) is 0. The standard InChI is InChI=1S/C8H14N2O3S/c1-14(11,12)6-8(10-9)4-7-2-3-13-5-7/h2-3,5,8,10H,4,6,9H2,1H3. The van der Waals surface area contributed by atoms with Crippen LogP contribution in [0.15, 0.2) is 23.0 Å². The summed E-state index contributed by atoms with van der Waals surface area (Å²) in [6, 6.07) is 1.51. The average Bonchev–Trinajstić information content (AvgIpc) is 2.53. The van der Waals surface area contributed by atoms with E-state index in [1.165, 1.54) is 6.26 Å². The lowest BCUT2D eigenvalue weighted by Gasteiger charge is -2.12. The van der Waals surface area contributed by atoms with Crippen LogP contribution in [0.25, 0.3) is 0 Å². The lowest BCUT2D eigenvalue weighted by atomic mass is 10.1. The quantitative estimate of drug-likeness (QED) is 0.523. The van der Waals surface area contributed by atoms with E-state index >= 15 is 0 Å². The van der Waals surface area contributed by atoms with Gasteiger partial charge in [0.05, 0.1) is 18.3 Å². The maximum absolute atomic E-state index is 11.0. The van der Waals surface area contributed by atoms with Gasteiger partial charge in [-0.25, -0.2) is 8.42 Å². The third-order valence-corrected chi connectivity index (χ3v) is 2.81. The Morgan fingerprint density at radius 1 is 1.64 bits per heavy atom. The molecular formula is C8H14N2O3S. The Labute approximate surface area is 83.2 Å². The molecule has 1 atom stereocenters. The van der Waals surface area contributed by atoms with Gasteiger partial charge < -0.3 is 4.42 Å². The van der Waals surface area contributed by atoms with E-state index in [9.17, 15) is 8.42 Å². The molecule has 3 N–H and O–H groups in total. The highest BCUT2D eigenvalue weighted by atomic mass is 32.2. The van der Waals surface area contributed by atoms with Gasteiger partial charge >= 0.3 is 0 Å². The molecule has 1 aromatic rings. The monoisotopic (exact) mass is 218 g/mol. The molecule has 0 fully saturated rings. The molecule has 1 unspecified atom stereocenters. The van der Waals surface area contributed by atoms with Crippen LogP contribution < -0.4 is 11.3 Å². The van der Waals surface area contributed by atoms with Crippen molar-refractivity contribution in [3.8, 4) is 0 Å². The Hall–Kier alpha value is -0.850. The molecule has 5 nitrogen and oxygen atoms in total. The zero-order chi connectivity index (χ0) is 10.6. The van der Waals surface area contributed by atoms with E-state index < -0.39 is 9.84 Å². The van der Waals surface area contributed by atoms with E-state index in [1.807, 2.05) is 0 Å². The fourth-order valence-corrected chi connectivity index (χ4v) is 2.17. The van der Waals surface area contributed by atoms with E-state index in [0.29, 0.717) is 6.42 Å². The summed E-state index contributed by atoms with van der Waals surface area (Å²) < 4.78 is 26.9. The Kier molecular flexibility index (Phi) is 3.68. The first kappa shape index (κ1) is 11.2. The van der Waals surface area contributed by atoms with Crippen LogP contribution in [-0.2, 0) is 16.3 Å². The normalized spacial score (nSPS) is 14.1. The molecule has 0 bridgehead atoms. The highest BCUT2D eigenvalue weighted by Gasteiger charge is 2.14. The predicted molar refractivity (Wildman–Crippen MR) is 53.2 cm³/mol. The number of hydrogen-bond donors (Lipinski definition) is 2. The van der Waals surface area contributed by atoms with Crippen molar-refractivity contribution in [1.82, 2.24) is 5.43 Å². The predicted octanol–water partition coefficient (Wildman–Crippen LogP) is -0.301. The first-order valence-electron chi connectivity index (χ1n) is 4.16. The molecule has 80 valence electrons. The lowest BCUT2D eigenvalue weighted by Crippen LogP contribution is -2.41. The summed E-state index contributed by atoms with van der Waals surface area (Å²) in [6.07, 6.45) is 4.85. The third-order valence-electron chi connectivity index (χ3n) is 1.80. The summed E-state index contributed by atoms with van der Waals surface area (Å²) >= 11 is 0. The van der Waals surface area contributed by atoms with Crippen LogP contribution in [0.4, 0.5) is 0 Å². The van der Waals surface area contributed by atoms with Crippen LogP contribution in [-0.4, -0.2) is 26.5 Å². The van der Waals surface area contributed by atoms with Gasteiger partial charge in [-0.2, -0.15) is 0 Å². The number of hydrazine groups is 1. The molecule has 0 aliphatic rings. The van der Waals surface area contributed by atoms with Crippen molar-refractivity contribution >= 4 is 9.84 Å². The van der Waals surface area contributed by atoms with E-state index in [1.54, 1.807) is 18.6 Å². The maximum atomic E-state index is 11.0. The van der Waals surface area contributed by atoms with E-state index in [4.69, 9.17) is 10.3 Å². The molecule has 1 rings (SSSR count). The van der Waals surface area contributed by atoms with Gasteiger partial charge in [-0.3, -0.25) is 11.3 Å². The third kappa shape index (κ3) is 3.91. The maximum Gasteiger partial charge on any atom is 0.149 e. The molecule has 0 spiro atoms. The van der Waals surface area contributed by atoms with Crippen LogP contribution >= 0.6 is 0 Å². The minimum absolute atomic E-state index is 0.0225. The molecule has 0 radical (unpaired) electrons. The number of sulfone groups is 1. The first-order chi connectivity index (χ1) is 6.51. The number of rotatable bonds is 5. The number of nitrogens with one attached hydrogen (secondary N) is 1. The minimum Gasteiger partial charge on any atom is -0.472 e. The lowest BCUT2D eigenvalue weighted by molar-refractivity contribution is 0.535. The summed E-state index contributed by atoms with van der Waals surface area (Å²) in [6.45, 7) is 0. The number of hydrogen-bond acceptors (Lipinski definition) is 5. The van der Waals surface area contributed by atoms with Gasteiger partial charge in [-0.1, -0.05) is 0 Å². The van der Waals surface area contributed by atoms with Crippen molar-refractivity contribution in [2.24, 2.45) is 5.84 Å². The molecule has 1 heterocycles. The van der Waals surface area contributed by atoms with E-state index in [-0.39, 0.29) is 11.8 Å². The van der Waals surface area contributed by atoms with Crippen molar-refractivity contribution in [2.45, 2.75) is 12.5 Å². The topological polar surface area (TPSA) is 85.3 Å². The van der Waals surface area contributed by atoms with Crippen molar-refractivity contribution in [3.63, 3.8) is 0 Å². The van der Waals surface area contributed by atoms with Crippen LogP contribution in [0.1, 0.15) is 5.56 Å². The zero-order valence-corrected chi connectivity index (χ0v) is 8.75. The Bertz CT molecular complexity index is 358. The van der Waals surface area contributed by atoms with Gasteiger partial charge in [0, 0.05) is 12.3 Å². The first-order valence-corrected chi connectivity index (χ1v) is 6.22. The summed E-state index contributed by atoms with van der Waals surface area (Å²) in [7, 11) is -3.01. The van der Waals surface area contributed by atoms with Gasteiger partial charge in [0.15, 0.2) is 0 Å². The molecule has 6 heteroatoms. The van der Waals surface area contributed by atoms with Gasteiger partial charge in [-0.05, 0) is 18.1 Å². The Balaban J connectivity index is 2.56. The van der Waals surface area contributed by atoms with Crippen molar-refractivity contribution in [2.75, 3.05) is 12.0 Å². The second kappa shape index (κ2) is 4.59. The van der Waals surface area contributed by atoms with Crippen molar-refractivity contribution < 1.29 is 12.8 Å². The molecule has 1 aromatic heterocycles. The Morgan fingerprint density at radius 2 is 2.36 bits per heavy atom. The second-order valence-electron chi connectivity index (χ2n) is 3.29. The zero-order valence-electron chi connectivity index (χ0n) is 7.93. The number of nitrogens with two attached hydrogens (primary N) is 1. The van der Waals surface area contributed by atoms with E-state index in [0.717, 1.165) is 5.56 Å². The van der Waals surface area contributed by atoms with Crippen LogP contribution in [0, 0.1) is 0 Å². The largest absolute Gasteiger partial charge is 0.472 e. The minimum atomic E-state index is -3.01. The summed E-state index contributed by atoms with van der Waals surface area (Å²) in [4.78, 5) is 0. The Morgan fingerprint density at radius 3 is 2.79 bits per heavy atom. The summed E-state index contributed by atoms with van der Waals surface area (Å²) in [5.41, 5.74) is 3.40. The van der Waals surface area contributed by atoms with Crippen LogP contribution in [0.5, 0.6) is 0 Å². The molecule has 0 aliphatic heterocycles. The van der Waals surface area contributed by atoms with Gasteiger partial charge in [0.1, 0.15) is 9.84 Å². The van der Waals surface area contributed by atoms with E-state index in [2.05, 4.69) is 5.43 Å². The van der Waals surface area contributed by atoms with Crippen LogP contribution in [0.2, 0.25) is 0 Å². The molecule has 0 aromatic carbocycles. The van der Waals surface area contributed by atoms with Gasteiger partial charge in [0.25, 0.3) is 0 Å². The smallest absolute Gasteiger partial charge is 0.149 e. The molecule has 0 saturated heterocycles.